The summed E-state index contributed by atoms with van der Waals surface area (Å²) in [5.41, 5.74) is 15.0. The van der Waals surface area contributed by atoms with Crippen molar-refractivity contribution < 1.29 is 0 Å². The highest BCUT2D eigenvalue weighted by Gasteiger charge is 2.35. The Kier molecular flexibility index (Phi) is 6.09. The normalized spacial score (nSPS) is 13.0. The minimum absolute atomic E-state index is 0.0116. The first kappa shape index (κ1) is 25.1. The Balaban J connectivity index is 1.34. The molecule has 1 nitrogen and oxygen atoms in total. The lowest BCUT2D eigenvalue weighted by Crippen LogP contribution is -2.15. The first-order chi connectivity index (χ1) is 20.0. The van der Waals surface area contributed by atoms with E-state index >= 15 is 0 Å². The smallest absolute Gasteiger partial charge is 0.0468 e. The van der Waals surface area contributed by atoms with Gasteiger partial charge in [0, 0.05) is 22.5 Å². The molecule has 7 rings (SSSR count). The molecule has 0 radical (unpaired) electrons. The fourth-order valence-electron chi connectivity index (χ4n) is 6.28. The van der Waals surface area contributed by atoms with Crippen LogP contribution in [0.2, 0.25) is 0 Å². The zero-order valence-corrected chi connectivity index (χ0v) is 23.8. The van der Waals surface area contributed by atoms with Crippen LogP contribution in [0, 0.1) is 6.92 Å². The van der Waals surface area contributed by atoms with Crippen molar-refractivity contribution in [3.63, 3.8) is 0 Å². The lowest BCUT2D eigenvalue weighted by atomic mass is 9.82. The van der Waals surface area contributed by atoms with Gasteiger partial charge in [0.1, 0.15) is 0 Å². The lowest BCUT2D eigenvalue weighted by Gasteiger charge is -2.27. The van der Waals surface area contributed by atoms with Crippen LogP contribution in [0.3, 0.4) is 0 Å². The van der Waals surface area contributed by atoms with E-state index in [2.05, 4.69) is 171 Å². The molecule has 6 aromatic carbocycles. The highest BCUT2D eigenvalue weighted by Crippen LogP contribution is 2.50. The number of anilines is 3. The molecule has 0 fully saturated rings. The molecule has 0 spiro atoms. The molecule has 0 amide bonds. The highest BCUT2D eigenvalue weighted by molar-refractivity contribution is 5.87. The average Bonchev–Trinajstić information content (AvgIpc) is 3.25. The largest absolute Gasteiger partial charge is 0.310 e. The highest BCUT2D eigenvalue weighted by atomic mass is 15.1. The van der Waals surface area contributed by atoms with Gasteiger partial charge in [-0.05, 0) is 87.8 Å². The van der Waals surface area contributed by atoms with Gasteiger partial charge in [-0.3, -0.25) is 0 Å². The summed E-state index contributed by atoms with van der Waals surface area (Å²) in [6.45, 7) is 6.80. The minimum Gasteiger partial charge on any atom is -0.310 e. The van der Waals surface area contributed by atoms with Gasteiger partial charge >= 0.3 is 0 Å². The summed E-state index contributed by atoms with van der Waals surface area (Å²) >= 11 is 0. The topological polar surface area (TPSA) is 3.24 Å². The quantitative estimate of drug-likeness (QED) is 0.215. The first-order valence-corrected chi connectivity index (χ1v) is 14.4. The lowest BCUT2D eigenvalue weighted by molar-refractivity contribution is 0.660. The van der Waals surface area contributed by atoms with Gasteiger partial charge in [-0.1, -0.05) is 129 Å². The van der Waals surface area contributed by atoms with Crippen LogP contribution in [0.4, 0.5) is 17.1 Å². The standard InChI is InChI=1S/C40H33N/c1-28-13-15-30(16-14-28)32-19-23-34(24-20-32)41(33-21-17-31(18-22-33)29-9-5-4-6-10-29)35-25-26-39-37(27-35)36-11-7-8-12-38(36)40(39,2)3/h4-27H,1-3H3. The van der Waals surface area contributed by atoms with Crippen molar-refractivity contribution in [2.45, 2.75) is 26.2 Å². The van der Waals surface area contributed by atoms with E-state index in [0.717, 1.165) is 17.1 Å². The Labute approximate surface area is 243 Å². The summed E-state index contributed by atoms with van der Waals surface area (Å²) < 4.78 is 0. The summed E-state index contributed by atoms with van der Waals surface area (Å²) in [5, 5.41) is 0. The van der Waals surface area contributed by atoms with Gasteiger partial charge in [0.05, 0.1) is 0 Å². The van der Waals surface area contributed by atoms with Crippen LogP contribution in [-0.2, 0) is 5.41 Å². The number of aryl methyl sites for hydroxylation is 1. The van der Waals surface area contributed by atoms with Crippen LogP contribution in [0.25, 0.3) is 33.4 Å². The molecule has 1 heteroatoms. The van der Waals surface area contributed by atoms with E-state index in [0.29, 0.717) is 0 Å². The van der Waals surface area contributed by atoms with Gasteiger partial charge in [0.25, 0.3) is 0 Å². The molecule has 0 unspecified atom stereocenters. The number of nitrogens with zero attached hydrogens (tertiary/aromatic N) is 1. The molecular formula is C40H33N. The molecule has 198 valence electrons. The Morgan fingerprint density at radius 1 is 0.415 bits per heavy atom. The Bertz CT molecular complexity index is 1830. The van der Waals surface area contributed by atoms with Gasteiger partial charge in [-0.2, -0.15) is 0 Å². The van der Waals surface area contributed by atoms with E-state index in [1.54, 1.807) is 0 Å². The molecule has 0 aromatic heterocycles. The Hall–Kier alpha value is -4.88. The van der Waals surface area contributed by atoms with Gasteiger partial charge in [0.2, 0.25) is 0 Å². The fraction of sp³-hybridized carbons (Fsp3) is 0.100. The summed E-state index contributed by atoms with van der Waals surface area (Å²) in [5.74, 6) is 0. The zero-order valence-electron chi connectivity index (χ0n) is 23.8. The fourth-order valence-corrected chi connectivity index (χ4v) is 6.28. The Morgan fingerprint density at radius 3 is 1.49 bits per heavy atom. The maximum absolute atomic E-state index is 2.38. The van der Waals surface area contributed by atoms with Crippen molar-refractivity contribution in [2.75, 3.05) is 4.90 Å². The van der Waals surface area contributed by atoms with Gasteiger partial charge in [0.15, 0.2) is 0 Å². The monoisotopic (exact) mass is 527 g/mol. The molecule has 0 atom stereocenters. The van der Waals surface area contributed by atoms with Crippen molar-refractivity contribution in [1.29, 1.82) is 0 Å². The molecule has 1 aliphatic rings. The second kappa shape index (κ2) is 9.94. The third-order valence-corrected chi connectivity index (χ3v) is 8.57. The van der Waals surface area contributed by atoms with E-state index in [4.69, 9.17) is 0 Å². The molecule has 0 aliphatic heterocycles. The summed E-state index contributed by atoms with van der Waals surface area (Å²) in [4.78, 5) is 2.38. The molecule has 0 N–H and O–H groups in total. The third-order valence-electron chi connectivity index (χ3n) is 8.57. The number of fused-ring (bicyclic) bond motifs is 3. The second-order valence-electron chi connectivity index (χ2n) is 11.6. The van der Waals surface area contributed by atoms with Crippen LogP contribution in [-0.4, -0.2) is 0 Å². The summed E-state index contributed by atoms with van der Waals surface area (Å²) in [6.07, 6.45) is 0. The predicted octanol–water partition coefficient (Wildman–Crippen LogP) is 11.1. The van der Waals surface area contributed by atoms with E-state index in [9.17, 15) is 0 Å². The molecule has 1 aliphatic carbocycles. The molecule has 6 aromatic rings. The van der Waals surface area contributed by atoms with E-state index < -0.39 is 0 Å². The predicted molar refractivity (Wildman–Crippen MR) is 174 cm³/mol. The molecule has 0 saturated heterocycles. The number of rotatable bonds is 5. The van der Waals surface area contributed by atoms with Crippen molar-refractivity contribution >= 4 is 17.1 Å². The minimum atomic E-state index is -0.0116. The van der Waals surface area contributed by atoms with Gasteiger partial charge < -0.3 is 4.90 Å². The third kappa shape index (κ3) is 4.44. The summed E-state index contributed by atoms with van der Waals surface area (Å²) in [7, 11) is 0. The second-order valence-corrected chi connectivity index (χ2v) is 11.6. The maximum Gasteiger partial charge on any atom is 0.0468 e. The van der Waals surface area contributed by atoms with Crippen molar-refractivity contribution in [3.8, 4) is 33.4 Å². The number of hydrogen-bond donors (Lipinski definition) is 0. The van der Waals surface area contributed by atoms with Crippen LogP contribution in [0.1, 0.15) is 30.5 Å². The van der Waals surface area contributed by atoms with E-state index in [-0.39, 0.29) is 5.41 Å². The molecular weight excluding hydrogens is 494 g/mol. The average molecular weight is 528 g/mol. The first-order valence-electron chi connectivity index (χ1n) is 14.4. The zero-order chi connectivity index (χ0) is 28.0. The Morgan fingerprint density at radius 2 is 0.878 bits per heavy atom. The van der Waals surface area contributed by atoms with Crippen LogP contribution < -0.4 is 4.90 Å². The molecule has 41 heavy (non-hydrogen) atoms. The maximum atomic E-state index is 2.38. The molecule has 0 heterocycles. The van der Waals surface area contributed by atoms with Gasteiger partial charge in [-0.25, -0.2) is 0 Å². The van der Waals surface area contributed by atoms with Crippen molar-refractivity contribution in [1.82, 2.24) is 0 Å². The van der Waals surface area contributed by atoms with Crippen molar-refractivity contribution in [2.24, 2.45) is 0 Å². The van der Waals surface area contributed by atoms with Crippen molar-refractivity contribution in [3.05, 3.63) is 162 Å². The van der Waals surface area contributed by atoms with Crippen LogP contribution in [0.15, 0.2) is 146 Å². The molecule has 0 bridgehead atoms. The van der Waals surface area contributed by atoms with Crippen LogP contribution in [0.5, 0.6) is 0 Å². The molecule has 0 saturated carbocycles. The van der Waals surface area contributed by atoms with Gasteiger partial charge in [-0.15, -0.1) is 0 Å². The SMILES string of the molecule is Cc1ccc(-c2ccc(N(c3ccc(-c4ccccc4)cc3)c3ccc4c(c3)-c3ccccc3C4(C)C)cc2)cc1. The van der Waals surface area contributed by atoms with E-state index in [1.807, 2.05) is 0 Å². The summed E-state index contributed by atoms with van der Waals surface area (Å²) in [6, 6.07) is 53.0. The van der Waals surface area contributed by atoms with Crippen LogP contribution >= 0.6 is 0 Å². The van der Waals surface area contributed by atoms with E-state index in [1.165, 1.54) is 50.1 Å². The number of hydrogen-bond acceptors (Lipinski definition) is 1. The number of benzene rings is 6.